The van der Waals surface area contributed by atoms with Crippen LogP contribution in [0.1, 0.15) is 17.3 Å². The van der Waals surface area contributed by atoms with Crippen molar-refractivity contribution in [1.82, 2.24) is 4.90 Å². The first-order valence-corrected chi connectivity index (χ1v) is 8.45. The van der Waals surface area contributed by atoms with Crippen molar-refractivity contribution in [1.29, 1.82) is 0 Å². The number of ether oxygens (including phenoxy) is 1. The first kappa shape index (κ1) is 21.7. The molecule has 154 valence electrons. The molecule has 0 saturated carbocycles. The summed E-state index contributed by atoms with van der Waals surface area (Å²) in [5, 5.41) is 4.53. The third-order valence-electron chi connectivity index (χ3n) is 3.67. The van der Waals surface area contributed by atoms with Crippen LogP contribution in [0.5, 0.6) is 0 Å². The Labute approximate surface area is 164 Å². The Kier molecular flexibility index (Phi) is 7.18. The third-order valence-corrected chi connectivity index (χ3v) is 3.67. The maximum atomic E-state index is 13.6. The minimum atomic E-state index is -1.71. The molecule has 0 radical (unpaired) electrons. The Hall–Kier alpha value is -3.56. The van der Waals surface area contributed by atoms with Crippen LogP contribution in [0.15, 0.2) is 36.4 Å². The highest BCUT2D eigenvalue weighted by Crippen LogP contribution is 2.19. The van der Waals surface area contributed by atoms with Crippen molar-refractivity contribution in [3.63, 3.8) is 0 Å². The number of nitrogens with one attached hydrogen (secondary N) is 2. The first-order chi connectivity index (χ1) is 13.7. The van der Waals surface area contributed by atoms with Gasteiger partial charge in [0.15, 0.2) is 17.5 Å². The number of nitrogens with zero attached hydrogens (tertiary/aromatic N) is 1. The molecule has 0 aliphatic rings. The lowest BCUT2D eigenvalue weighted by Gasteiger charge is -2.17. The number of hydrogen-bond donors (Lipinski definition) is 2. The van der Waals surface area contributed by atoms with Crippen molar-refractivity contribution in [2.24, 2.45) is 0 Å². The number of carbonyl (C=O) groups is 3. The maximum absolute atomic E-state index is 13.6. The van der Waals surface area contributed by atoms with Gasteiger partial charge in [-0.3, -0.25) is 14.9 Å². The van der Waals surface area contributed by atoms with Gasteiger partial charge in [-0.1, -0.05) is 6.07 Å². The van der Waals surface area contributed by atoms with E-state index in [-0.39, 0.29) is 12.2 Å². The van der Waals surface area contributed by atoms with E-state index in [1.807, 2.05) is 0 Å². The van der Waals surface area contributed by atoms with Crippen LogP contribution >= 0.6 is 0 Å². The highest BCUT2D eigenvalue weighted by molar-refractivity contribution is 6.00. The van der Waals surface area contributed by atoms with Crippen LogP contribution in [-0.4, -0.2) is 43.0 Å². The van der Waals surface area contributed by atoms with Gasteiger partial charge >= 0.3 is 6.09 Å². The number of anilines is 2. The lowest BCUT2D eigenvalue weighted by atomic mass is 10.1. The van der Waals surface area contributed by atoms with Crippen LogP contribution in [0, 0.1) is 17.5 Å². The fourth-order valence-corrected chi connectivity index (χ4v) is 2.33. The second kappa shape index (κ2) is 9.58. The summed E-state index contributed by atoms with van der Waals surface area (Å²) in [7, 11) is 1.33. The van der Waals surface area contributed by atoms with Crippen LogP contribution in [0.25, 0.3) is 0 Å². The van der Waals surface area contributed by atoms with Crippen molar-refractivity contribution in [3.05, 3.63) is 59.4 Å². The molecule has 10 heteroatoms. The number of amides is 3. The molecule has 0 saturated heterocycles. The number of likely N-dealkylation sites (N-methyl/N-ethyl adjacent to an activating group) is 1. The number of halogens is 3. The molecule has 2 rings (SSSR count). The monoisotopic (exact) mass is 409 g/mol. The molecule has 0 fully saturated rings. The Morgan fingerprint density at radius 2 is 1.76 bits per heavy atom. The van der Waals surface area contributed by atoms with Gasteiger partial charge < -0.3 is 15.0 Å². The van der Waals surface area contributed by atoms with Gasteiger partial charge in [0.1, 0.15) is 0 Å². The fourth-order valence-electron chi connectivity index (χ4n) is 2.33. The second-order valence-corrected chi connectivity index (χ2v) is 5.86. The summed E-state index contributed by atoms with van der Waals surface area (Å²) in [6.07, 6.45) is -0.682. The molecule has 29 heavy (non-hydrogen) atoms. The molecule has 3 amide bonds. The normalized spacial score (nSPS) is 10.2. The summed E-state index contributed by atoms with van der Waals surface area (Å²) < 4.78 is 44.5. The molecule has 7 nitrogen and oxygen atoms in total. The van der Waals surface area contributed by atoms with Gasteiger partial charge in [-0.25, -0.2) is 18.0 Å². The first-order valence-electron chi connectivity index (χ1n) is 8.45. The average Bonchev–Trinajstić information content (AvgIpc) is 2.68. The molecule has 2 N–H and O–H groups in total. The van der Waals surface area contributed by atoms with Crippen LogP contribution in [-0.2, 0) is 9.53 Å². The topological polar surface area (TPSA) is 87.7 Å². The number of carbonyl (C=O) groups excluding carboxylic acids is 3. The van der Waals surface area contributed by atoms with E-state index in [4.69, 9.17) is 4.74 Å². The average molecular weight is 409 g/mol. The molecule has 0 spiro atoms. The Bertz CT molecular complexity index is 937. The zero-order valence-corrected chi connectivity index (χ0v) is 15.6. The highest BCUT2D eigenvalue weighted by atomic mass is 19.2. The van der Waals surface area contributed by atoms with Gasteiger partial charge in [-0.05, 0) is 37.3 Å². The molecule has 0 bridgehead atoms. The molecular formula is C19H18F3N3O4. The van der Waals surface area contributed by atoms with Crippen LogP contribution in [0.2, 0.25) is 0 Å². The quantitative estimate of drug-likeness (QED) is 0.716. The van der Waals surface area contributed by atoms with Gasteiger partial charge in [0.05, 0.1) is 18.8 Å². The van der Waals surface area contributed by atoms with Crippen LogP contribution in [0.3, 0.4) is 0 Å². The fraction of sp³-hybridized carbons (Fsp3) is 0.211. The van der Waals surface area contributed by atoms with E-state index in [0.717, 1.165) is 11.0 Å². The van der Waals surface area contributed by atoms with E-state index in [1.165, 1.54) is 25.2 Å². The third kappa shape index (κ3) is 5.71. The Morgan fingerprint density at radius 1 is 1.03 bits per heavy atom. The largest absolute Gasteiger partial charge is 0.450 e. The van der Waals surface area contributed by atoms with Gasteiger partial charge in [0, 0.05) is 18.3 Å². The summed E-state index contributed by atoms with van der Waals surface area (Å²) in [6.45, 7) is 1.35. The van der Waals surface area contributed by atoms with Crippen LogP contribution < -0.4 is 10.6 Å². The Morgan fingerprint density at radius 3 is 2.45 bits per heavy atom. The molecule has 0 aromatic heterocycles. The van der Waals surface area contributed by atoms with Gasteiger partial charge in [-0.2, -0.15) is 0 Å². The van der Waals surface area contributed by atoms with E-state index < -0.39 is 47.6 Å². The Balaban J connectivity index is 2.02. The number of hydrogen-bond acceptors (Lipinski definition) is 4. The summed E-state index contributed by atoms with van der Waals surface area (Å²) >= 11 is 0. The second-order valence-electron chi connectivity index (χ2n) is 5.86. The number of rotatable bonds is 6. The SMILES string of the molecule is CCOC(=O)Nc1cccc(C(=O)N(C)CC(=O)Nc2ccc(F)c(F)c2F)c1. The predicted octanol–water partition coefficient (Wildman–Crippen LogP) is 3.38. The molecule has 0 heterocycles. The standard InChI is InChI=1S/C19H18F3N3O4/c1-3-29-19(28)23-12-6-4-5-11(9-12)18(27)25(2)10-15(26)24-14-8-7-13(20)16(21)17(14)22/h4-9H,3,10H2,1-2H3,(H,23,28)(H,24,26). The zero-order chi connectivity index (χ0) is 21.6. The molecule has 0 aliphatic heterocycles. The minimum absolute atomic E-state index is 0.175. The molecular weight excluding hydrogens is 391 g/mol. The highest BCUT2D eigenvalue weighted by Gasteiger charge is 2.19. The van der Waals surface area contributed by atoms with E-state index >= 15 is 0 Å². The van der Waals surface area contributed by atoms with Gasteiger partial charge in [0.2, 0.25) is 5.91 Å². The molecule has 0 unspecified atom stereocenters. The van der Waals surface area contributed by atoms with Crippen molar-refractivity contribution < 1.29 is 32.3 Å². The van der Waals surface area contributed by atoms with Gasteiger partial charge in [-0.15, -0.1) is 0 Å². The van der Waals surface area contributed by atoms with E-state index in [9.17, 15) is 27.6 Å². The summed E-state index contributed by atoms with van der Waals surface area (Å²) in [5.41, 5.74) is -0.0556. The number of benzene rings is 2. The minimum Gasteiger partial charge on any atom is -0.450 e. The smallest absolute Gasteiger partial charge is 0.411 e. The summed E-state index contributed by atoms with van der Waals surface area (Å²) in [6, 6.07) is 7.49. The lowest BCUT2D eigenvalue weighted by Crippen LogP contribution is -2.35. The molecule has 2 aromatic carbocycles. The predicted molar refractivity (Wildman–Crippen MR) is 99.0 cm³/mol. The van der Waals surface area contributed by atoms with Crippen molar-refractivity contribution >= 4 is 29.3 Å². The van der Waals surface area contributed by atoms with E-state index in [2.05, 4.69) is 10.6 Å². The molecule has 0 atom stereocenters. The van der Waals surface area contributed by atoms with Crippen LogP contribution in [0.4, 0.5) is 29.3 Å². The lowest BCUT2D eigenvalue weighted by molar-refractivity contribution is -0.116. The van der Waals surface area contributed by atoms with E-state index in [1.54, 1.807) is 13.0 Å². The van der Waals surface area contributed by atoms with Crippen molar-refractivity contribution in [2.75, 3.05) is 30.8 Å². The van der Waals surface area contributed by atoms with E-state index in [0.29, 0.717) is 11.8 Å². The van der Waals surface area contributed by atoms with Gasteiger partial charge in [0.25, 0.3) is 5.91 Å². The zero-order valence-electron chi connectivity index (χ0n) is 15.6. The molecule has 0 aliphatic carbocycles. The van der Waals surface area contributed by atoms with Crippen molar-refractivity contribution in [2.45, 2.75) is 6.92 Å². The maximum Gasteiger partial charge on any atom is 0.411 e. The van der Waals surface area contributed by atoms with Crippen molar-refractivity contribution in [3.8, 4) is 0 Å². The molecule has 2 aromatic rings. The summed E-state index contributed by atoms with van der Waals surface area (Å²) in [5.74, 6) is -6.00. The summed E-state index contributed by atoms with van der Waals surface area (Å²) in [4.78, 5) is 37.0.